The second kappa shape index (κ2) is 10.9. The maximum atomic E-state index is 13.5. The van der Waals surface area contributed by atoms with Gasteiger partial charge in [-0.15, -0.1) is 11.3 Å². The average molecular weight is 483 g/mol. The summed E-state index contributed by atoms with van der Waals surface area (Å²) in [5, 5.41) is 3.16. The van der Waals surface area contributed by atoms with Crippen molar-refractivity contribution < 1.29 is 13.2 Å². The lowest BCUT2D eigenvalue weighted by Gasteiger charge is -2.34. The molecule has 0 atom stereocenters. The summed E-state index contributed by atoms with van der Waals surface area (Å²) in [6, 6.07) is 22.9. The number of sulfonamides is 1. The molecule has 0 bridgehead atoms. The van der Waals surface area contributed by atoms with E-state index in [0.717, 1.165) is 16.0 Å². The van der Waals surface area contributed by atoms with Crippen LogP contribution in [0.15, 0.2) is 83.6 Å². The Kier molecular flexibility index (Phi) is 8.24. The molecule has 0 spiro atoms. The Bertz CT molecular complexity index is 1150. The van der Waals surface area contributed by atoms with Gasteiger partial charge in [0.2, 0.25) is 15.9 Å². The molecule has 0 unspecified atom stereocenters. The highest BCUT2D eigenvalue weighted by Crippen LogP contribution is 2.22. The van der Waals surface area contributed by atoms with Crippen LogP contribution in [0.2, 0.25) is 0 Å². The third-order valence-electron chi connectivity index (χ3n) is 5.06. The van der Waals surface area contributed by atoms with Crippen LogP contribution in [0.3, 0.4) is 0 Å². The summed E-state index contributed by atoms with van der Waals surface area (Å²) in [4.78, 5) is 16.2. The van der Waals surface area contributed by atoms with Crippen molar-refractivity contribution in [2.75, 3.05) is 6.54 Å². The van der Waals surface area contributed by atoms with Gasteiger partial charge in [-0.2, -0.15) is 4.31 Å². The van der Waals surface area contributed by atoms with E-state index in [-0.39, 0.29) is 12.5 Å². The number of carbonyl (C=O) groups is 1. The fourth-order valence-electron chi connectivity index (χ4n) is 3.36. The molecule has 0 N–H and O–H groups in total. The van der Waals surface area contributed by atoms with Crippen molar-refractivity contribution in [1.82, 2.24) is 9.21 Å². The van der Waals surface area contributed by atoms with Gasteiger partial charge in [0.1, 0.15) is 0 Å². The molecular formula is C26H30N2O3S2. The third kappa shape index (κ3) is 7.39. The van der Waals surface area contributed by atoms with Gasteiger partial charge in [0.25, 0.3) is 0 Å². The van der Waals surface area contributed by atoms with E-state index in [0.29, 0.717) is 13.1 Å². The fourth-order valence-corrected chi connectivity index (χ4v) is 5.61. The first-order valence-corrected chi connectivity index (χ1v) is 13.1. The Labute approximate surface area is 201 Å². The van der Waals surface area contributed by atoms with Crippen LogP contribution in [0.1, 0.15) is 36.8 Å². The van der Waals surface area contributed by atoms with E-state index < -0.39 is 15.6 Å². The van der Waals surface area contributed by atoms with E-state index in [9.17, 15) is 13.2 Å². The smallest absolute Gasteiger partial charge is 0.238 e. The zero-order valence-corrected chi connectivity index (χ0v) is 20.9. The predicted octanol–water partition coefficient (Wildman–Crippen LogP) is 5.38. The van der Waals surface area contributed by atoms with Gasteiger partial charge < -0.3 is 4.90 Å². The summed E-state index contributed by atoms with van der Waals surface area (Å²) in [6.45, 7) is 6.01. The predicted molar refractivity (Wildman–Crippen MR) is 136 cm³/mol. The molecule has 33 heavy (non-hydrogen) atoms. The summed E-state index contributed by atoms with van der Waals surface area (Å²) in [7, 11) is -3.83. The van der Waals surface area contributed by atoms with Crippen LogP contribution in [0.4, 0.5) is 0 Å². The molecule has 0 aliphatic rings. The fraction of sp³-hybridized carbons (Fsp3) is 0.269. The number of hydrogen-bond acceptors (Lipinski definition) is 4. The monoisotopic (exact) mass is 482 g/mol. The molecule has 0 fully saturated rings. The molecule has 7 heteroatoms. The SMILES string of the molecule is CC(C)(C)N(CC(=O)N(Cc1ccccc1)Cc1cccs1)S(=O)(=O)C=Cc1ccccc1. The van der Waals surface area contributed by atoms with Crippen molar-refractivity contribution in [1.29, 1.82) is 0 Å². The summed E-state index contributed by atoms with van der Waals surface area (Å²) >= 11 is 1.58. The number of hydrogen-bond donors (Lipinski definition) is 0. The van der Waals surface area contributed by atoms with E-state index in [1.54, 1.807) is 43.1 Å². The highest BCUT2D eigenvalue weighted by Gasteiger charge is 2.34. The number of benzene rings is 2. The summed E-state index contributed by atoms with van der Waals surface area (Å²) in [5.74, 6) is -0.237. The molecule has 0 saturated heterocycles. The standard InChI is InChI=1S/C26H30N2O3S2/c1-26(2,3)28(33(30,31)18-16-22-11-6-4-7-12-22)21-25(29)27(20-24-15-10-17-32-24)19-23-13-8-5-9-14-23/h4-18H,19-21H2,1-3H3. The number of thiophene rings is 1. The molecule has 2 aromatic carbocycles. The first kappa shape index (κ1) is 24.9. The Morgan fingerprint density at radius 2 is 1.55 bits per heavy atom. The van der Waals surface area contributed by atoms with Crippen molar-refractivity contribution in [2.45, 2.75) is 39.4 Å². The van der Waals surface area contributed by atoms with Crippen molar-refractivity contribution in [2.24, 2.45) is 0 Å². The van der Waals surface area contributed by atoms with Gasteiger partial charge in [-0.1, -0.05) is 66.7 Å². The van der Waals surface area contributed by atoms with Gasteiger partial charge in [0, 0.05) is 22.4 Å². The third-order valence-corrected chi connectivity index (χ3v) is 7.69. The Morgan fingerprint density at radius 1 is 0.909 bits per heavy atom. The van der Waals surface area contributed by atoms with Crippen LogP contribution >= 0.6 is 11.3 Å². The summed E-state index contributed by atoms with van der Waals surface area (Å²) in [5.41, 5.74) is 1.01. The van der Waals surface area contributed by atoms with Gasteiger partial charge >= 0.3 is 0 Å². The van der Waals surface area contributed by atoms with Gasteiger partial charge in [0.15, 0.2) is 0 Å². The number of amides is 1. The maximum Gasteiger partial charge on any atom is 0.238 e. The lowest BCUT2D eigenvalue weighted by Crippen LogP contribution is -2.50. The average Bonchev–Trinajstić information content (AvgIpc) is 3.29. The summed E-state index contributed by atoms with van der Waals surface area (Å²) in [6.07, 6.45) is 1.56. The minimum absolute atomic E-state index is 0.233. The van der Waals surface area contributed by atoms with Gasteiger partial charge in [0.05, 0.1) is 13.1 Å². The van der Waals surface area contributed by atoms with E-state index in [2.05, 4.69) is 0 Å². The molecule has 3 aromatic rings. The first-order chi connectivity index (χ1) is 15.6. The Balaban J connectivity index is 1.84. The van der Waals surface area contributed by atoms with Crippen molar-refractivity contribution >= 4 is 33.3 Å². The molecule has 0 aliphatic carbocycles. The number of carbonyl (C=O) groups excluding carboxylic acids is 1. The number of rotatable bonds is 9. The minimum atomic E-state index is -3.83. The molecule has 1 heterocycles. The molecule has 0 radical (unpaired) electrons. The largest absolute Gasteiger partial charge is 0.332 e. The zero-order valence-electron chi connectivity index (χ0n) is 19.2. The van der Waals surface area contributed by atoms with E-state index >= 15 is 0 Å². The molecule has 3 rings (SSSR count). The van der Waals surface area contributed by atoms with Crippen molar-refractivity contribution in [3.05, 3.63) is 99.6 Å². The Hall–Kier alpha value is -2.74. The normalized spacial score (nSPS) is 12.4. The highest BCUT2D eigenvalue weighted by atomic mass is 32.2. The summed E-state index contributed by atoms with van der Waals surface area (Å²) < 4.78 is 27.8. The number of nitrogens with zero attached hydrogens (tertiary/aromatic N) is 2. The van der Waals surface area contributed by atoms with E-state index in [1.165, 1.54) is 9.71 Å². The van der Waals surface area contributed by atoms with Gasteiger partial charge in [-0.05, 0) is 49.4 Å². The van der Waals surface area contributed by atoms with Crippen LogP contribution in [0, 0.1) is 0 Å². The minimum Gasteiger partial charge on any atom is -0.332 e. The van der Waals surface area contributed by atoms with Crippen LogP contribution in [-0.2, 0) is 27.9 Å². The van der Waals surface area contributed by atoms with Crippen LogP contribution < -0.4 is 0 Å². The molecule has 5 nitrogen and oxygen atoms in total. The lowest BCUT2D eigenvalue weighted by molar-refractivity contribution is -0.133. The first-order valence-electron chi connectivity index (χ1n) is 10.8. The van der Waals surface area contributed by atoms with Crippen molar-refractivity contribution in [3.63, 3.8) is 0 Å². The van der Waals surface area contributed by atoms with E-state index in [4.69, 9.17) is 0 Å². The zero-order chi connectivity index (χ0) is 23.9. The molecular weight excluding hydrogens is 452 g/mol. The molecule has 0 aliphatic heterocycles. The van der Waals surface area contributed by atoms with Crippen LogP contribution in [0.25, 0.3) is 6.08 Å². The lowest BCUT2D eigenvalue weighted by atomic mass is 10.1. The second-order valence-corrected chi connectivity index (χ2v) is 11.5. The maximum absolute atomic E-state index is 13.5. The van der Waals surface area contributed by atoms with Gasteiger partial charge in [-0.3, -0.25) is 4.79 Å². The quantitative estimate of drug-likeness (QED) is 0.412. The Morgan fingerprint density at radius 3 is 2.12 bits per heavy atom. The highest BCUT2D eigenvalue weighted by molar-refractivity contribution is 7.92. The van der Waals surface area contributed by atoms with Crippen LogP contribution in [0.5, 0.6) is 0 Å². The molecule has 1 aromatic heterocycles. The van der Waals surface area contributed by atoms with Gasteiger partial charge in [-0.25, -0.2) is 8.42 Å². The molecule has 0 saturated carbocycles. The van der Waals surface area contributed by atoms with Crippen LogP contribution in [-0.4, -0.2) is 35.6 Å². The molecule has 1 amide bonds. The van der Waals surface area contributed by atoms with E-state index in [1.807, 2.05) is 78.2 Å². The molecule has 174 valence electrons. The second-order valence-electron chi connectivity index (χ2n) is 8.75. The topological polar surface area (TPSA) is 57.7 Å². The van der Waals surface area contributed by atoms with Crippen molar-refractivity contribution in [3.8, 4) is 0 Å².